The number of hydrogen-bond donors (Lipinski definition) is 3. The fourth-order valence-corrected chi connectivity index (χ4v) is 3.97. The number of nitrogens with two attached hydrogens (primary N) is 1. The molecule has 1 aromatic carbocycles. The van der Waals surface area contributed by atoms with Gasteiger partial charge in [0.15, 0.2) is 11.3 Å². The second kappa shape index (κ2) is 7.72. The van der Waals surface area contributed by atoms with Crippen molar-refractivity contribution in [1.82, 2.24) is 9.88 Å². The van der Waals surface area contributed by atoms with Crippen molar-refractivity contribution in [3.8, 4) is 0 Å². The summed E-state index contributed by atoms with van der Waals surface area (Å²) < 4.78 is 116. The third-order valence-corrected chi connectivity index (χ3v) is 6.05. The number of hydrogen-bond acceptors (Lipinski definition) is 6. The van der Waals surface area contributed by atoms with Crippen LogP contribution in [0.5, 0.6) is 0 Å². The van der Waals surface area contributed by atoms with Gasteiger partial charge < -0.3 is 15.7 Å². The lowest BCUT2D eigenvalue weighted by molar-refractivity contribution is -0.294. The Morgan fingerprint density at radius 1 is 1.15 bits per heavy atom. The van der Waals surface area contributed by atoms with Gasteiger partial charge in [-0.15, -0.1) is 0 Å². The van der Waals surface area contributed by atoms with Crippen molar-refractivity contribution in [2.24, 2.45) is 0 Å². The number of aromatic nitrogens is 1. The zero-order valence-electron chi connectivity index (χ0n) is 16.0. The molecule has 16 heteroatoms. The molecule has 0 bridgehead atoms. The van der Waals surface area contributed by atoms with Crippen LogP contribution in [0.3, 0.4) is 0 Å². The number of β-amino-alcohol motifs (C(OH)–C–C–N with tert-alkyl or cyclic N) is 1. The van der Waals surface area contributed by atoms with Crippen LogP contribution in [0.4, 0.5) is 42.1 Å². The number of carbonyl (C=O) groups is 1. The highest BCUT2D eigenvalue weighted by Gasteiger charge is 2.62. The van der Waals surface area contributed by atoms with E-state index in [4.69, 9.17) is 5.73 Å². The molecule has 0 atom stereocenters. The Labute approximate surface area is 180 Å². The molecule has 1 aliphatic heterocycles. The van der Waals surface area contributed by atoms with Crippen LogP contribution in [0.15, 0.2) is 35.4 Å². The van der Waals surface area contributed by atoms with Crippen LogP contribution in [0.25, 0.3) is 0 Å². The molecule has 33 heavy (non-hydrogen) atoms. The summed E-state index contributed by atoms with van der Waals surface area (Å²) in [5.74, 6) is -2.75. The van der Waals surface area contributed by atoms with Gasteiger partial charge in [0.1, 0.15) is 10.7 Å². The van der Waals surface area contributed by atoms with Gasteiger partial charge >= 0.3 is 12.4 Å². The smallest absolute Gasteiger partial charge is 0.397 e. The van der Waals surface area contributed by atoms with Crippen molar-refractivity contribution in [3.05, 3.63) is 47.5 Å². The van der Waals surface area contributed by atoms with Crippen molar-refractivity contribution in [3.63, 3.8) is 0 Å². The van der Waals surface area contributed by atoms with E-state index in [0.717, 1.165) is 12.3 Å². The van der Waals surface area contributed by atoms with E-state index in [0.29, 0.717) is 17.0 Å². The minimum Gasteiger partial charge on any atom is -0.397 e. The van der Waals surface area contributed by atoms with Gasteiger partial charge in [0, 0.05) is 0 Å². The molecule has 0 spiro atoms. The van der Waals surface area contributed by atoms with Gasteiger partial charge in [-0.25, -0.2) is 17.8 Å². The lowest BCUT2D eigenvalue weighted by Crippen LogP contribution is -2.70. The number of carbonyl (C=O) groups excluding carboxylic acids is 1. The van der Waals surface area contributed by atoms with Gasteiger partial charge in [-0.2, -0.15) is 26.3 Å². The van der Waals surface area contributed by atoms with Crippen LogP contribution in [-0.2, 0) is 16.2 Å². The summed E-state index contributed by atoms with van der Waals surface area (Å²) in [6.45, 7) is -2.12. The monoisotopic (exact) mass is 502 g/mol. The van der Waals surface area contributed by atoms with Gasteiger partial charge in [-0.3, -0.25) is 9.52 Å². The predicted octanol–water partition coefficient (Wildman–Crippen LogP) is 2.37. The fourth-order valence-electron chi connectivity index (χ4n) is 2.88. The highest BCUT2D eigenvalue weighted by molar-refractivity contribution is 7.92. The lowest BCUT2D eigenvalue weighted by atomic mass is 9.93. The molecule has 4 N–H and O–H groups in total. The maximum absolute atomic E-state index is 14.0. The van der Waals surface area contributed by atoms with E-state index in [9.17, 15) is 49.1 Å². The first-order valence-electron chi connectivity index (χ1n) is 8.68. The molecule has 1 aromatic heterocycles. The summed E-state index contributed by atoms with van der Waals surface area (Å²) in [5, 5.41) is 9.41. The van der Waals surface area contributed by atoms with Crippen LogP contribution in [-0.4, -0.2) is 54.2 Å². The molecular weight excluding hydrogens is 489 g/mol. The third-order valence-electron chi connectivity index (χ3n) is 4.64. The maximum atomic E-state index is 14.0. The molecule has 2 heterocycles. The first kappa shape index (κ1) is 24.5. The summed E-state index contributed by atoms with van der Waals surface area (Å²) in [6, 6.07) is 1.62. The van der Waals surface area contributed by atoms with E-state index in [1.165, 1.54) is 0 Å². The zero-order valence-corrected chi connectivity index (χ0v) is 16.8. The number of nitrogens with one attached hydrogen (secondary N) is 1. The quantitative estimate of drug-likeness (QED) is 0.552. The molecule has 1 saturated heterocycles. The molecule has 0 saturated carbocycles. The van der Waals surface area contributed by atoms with Gasteiger partial charge in [0.2, 0.25) is 0 Å². The van der Waals surface area contributed by atoms with E-state index in [1.807, 2.05) is 4.72 Å². The average molecular weight is 502 g/mol. The number of benzene rings is 1. The van der Waals surface area contributed by atoms with E-state index in [-0.39, 0.29) is 6.07 Å². The summed E-state index contributed by atoms with van der Waals surface area (Å²) >= 11 is 0. The van der Waals surface area contributed by atoms with Crippen molar-refractivity contribution in [2.45, 2.75) is 22.8 Å². The minimum atomic E-state index is -4.96. The van der Waals surface area contributed by atoms with Crippen LogP contribution in [0, 0.1) is 5.82 Å². The zero-order chi connectivity index (χ0) is 25.0. The molecule has 0 unspecified atom stereocenters. The molecule has 8 nitrogen and oxygen atoms in total. The Morgan fingerprint density at radius 3 is 2.24 bits per heavy atom. The molecule has 180 valence electrons. The number of halogens is 7. The number of alkyl halides is 6. The van der Waals surface area contributed by atoms with Crippen LogP contribution in [0.1, 0.15) is 16.1 Å². The predicted molar refractivity (Wildman–Crippen MR) is 97.8 cm³/mol. The fraction of sp³-hybridized carbons (Fsp3) is 0.294. The maximum Gasteiger partial charge on any atom is 0.420 e. The SMILES string of the molecule is Nc1cc(NS(=O)(=O)c2ccc(C(F)(F)F)cc2F)cnc1C(=O)N1CC(O)(C(F)(F)F)C1. The molecular formula is C17H13F7N4O4S. The molecule has 0 aliphatic carbocycles. The molecule has 1 aliphatic rings. The van der Waals surface area contributed by atoms with E-state index in [1.54, 1.807) is 0 Å². The molecule has 0 radical (unpaired) electrons. The first-order chi connectivity index (χ1) is 14.9. The lowest BCUT2D eigenvalue weighted by Gasteiger charge is -2.46. The normalized spacial score (nSPS) is 16.3. The number of nitrogen functional groups attached to an aromatic ring is 1. The van der Waals surface area contributed by atoms with Crippen LogP contribution < -0.4 is 10.5 Å². The molecule has 2 aromatic rings. The highest BCUT2D eigenvalue weighted by atomic mass is 32.2. The van der Waals surface area contributed by atoms with Gasteiger partial charge in [-0.05, 0) is 24.3 Å². The molecule has 3 rings (SSSR count). The Bertz CT molecular complexity index is 1210. The molecule has 1 fully saturated rings. The van der Waals surface area contributed by atoms with E-state index >= 15 is 0 Å². The number of amides is 1. The van der Waals surface area contributed by atoms with Crippen molar-refractivity contribution in [1.29, 1.82) is 0 Å². The van der Waals surface area contributed by atoms with Crippen LogP contribution >= 0.6 is 0 Å². The molecule has 1 amide bonds. The second-order valence-electron chi connectivity index (χ2n) is 7.10. The third kappa shape index (κ3) is 4.66. The Kier molecular flexibility index (Phi) is 5.73. The summed E-state index contributed by atoms with van der Waals surface area (Å²) in [7, 11) is -4.74. The van der Waals surface area contributed by atoms with E-state index in [2.05, 4.69) is 4.98 Å². The standard InChI is InChI=1S/C17H13F7N4O4S/c18-10-3-8(16(19,20)21)1-2-12(10)33(31,32)27-9-4-11(25)13(26-5-9)14(29)28-6-15(30,7-28)17(22,23)24/h1-5,27,30H,6-7,25H2. The van der Waals surface area contributed by atoms with Gasteiger partial charge in [0.05, 0.1) is 36.2 Å². The van der Waals surface area contributed by atoms with Crippen molar-refractivity contribution < 1.29 is 49.1 Å². The van der Waals surface area contributed by atoms with Crippen LogP contribution in [0.2, 0.25) is 0 Å². The number of pyridine rings is 1. The highest BCUT2D eigenvalue weighted by Crippen LogP contribution is 2.38. The minimum absolute atomic E-state index is 0.00184. The van der Waals surface area contributed by atoms with E-state index < -0.39 is 80.3 Å². The number of nitrogens with zero attached hydrogens (tertiary/aromatic N) is 2. The number of likely N-dealkylation sites (tertiary alicyclic amines) is 1. The van der Waals surface area contributed by atoms with Gasteiger partial charge in [-0.1, -0.05) is 0 Å². The number of anilines is 2. The number of aliphatic hydroxyl groups is 1. The summed E-state index contributed by atoms with van der Waals surface area (Å²) in [6.07, 6.45) is -9.11. The number of sulfonamides is 1. The van der Waals surface area contributed by atoms with Gasteiger partial charge in [0.25, 0.3) is 15.9 Å². The Balaban J connectivity index is 1.77. The average Bonchev–Trinajstić information content (AvgIpc) is 2.62. The Hall–Kier alpha value is -3.14. The summed E-state index contributed by atoms with van der Waals surface area (Å²) in [4.78, 5) is 15.4. The number of rotatable bonds is 4. The van der Waals surface area contributed by atoms with Crippen molar-refractivity contribution >= 4 is 27.3 Å². The van der Waals surface area contributed by atoms with Crippen molar-refractivity contribution in [2.75, 3.05) is 23.5 Å². The topological polar surface area (TPSA) is 126 Å². The first-order valence-corrected chi connectivity index (χ1v) is 10.2. The Morgan fingerprint density at radius 2 is 1.76 bits per heavy atom. The summed E-state index contributed by atoms with van der Waals surface area (Å²) in [5.41, 5.74) is -0.264. The largest absolute Gasteiger partial charge is 0.420 e. The second-order valence-corrected chi connectivity index (χ2v) is 8.75.